The highest BCUT2D eigenvalue weighted by atomic mass is 32.2. The molecule has 0 unspecified atom stereocenters. The van der Waals surface area contributed by atoms with Crippen molar-refractivity contribution in [3.63, 3.8) is 0 Å². The van der Waals surface area contributed by atoms with Gasteiger partial charge in [0.2, 0.25) is 0 Å². The Morgan fingerprint density at radius 3 is 2.50 bits per heavy atom. The summed E-state index contributed by atoms with van der Waals surface area (Å²) in [7, 11) is 0.875. The molecule has 0 spiro atoms. The fourth-order valence-corrected chi connectivity index (χ4v) is 4.38. The molecule has 3 atom stereocenters. The van der Waals surface area contributed by atoms with Gasteiger partial charge < -0.3 is 10.2 Å². The van der Waals surface area contributed by atoms with E-state index in [2.05, 4.69) is 5.32 Å². The van der Waals surface area contributed by atoms with Gasteiger partial charge in [0.25, 0.3) is 0 Å². The van der Waals surface area contributed by atoms with Gasteiger partial charge in [-0.05, 0) is 36.0 Å². The zero-order valence-corrected chi connectivity index (χ0v) is 15.5. The van der Waals surface area contributed by atoms with Gasteiger partial charge in [-0.25, -0.2) is 4.79 Å². The molecule has 2 amide bonds. The molecule has 2 aliphatic rings. The van der Waals surface area contributed by atoms with Gasteiger partial charge in [-0.3, -0.25) is 4.21 Å². The highest BCUT2D eigenvalue weighted by molar-refractivity contribution is 7.84. The number of hydrogen-bond donors (Lipinski definition) is 1. The van der Waals surface area contributed by atoms with Crippen LogP contribution in [0, 0.1) is 11.8 Å². The average molecular weight is 349 g/mol. The minimum atomic E-state index is -0.958. The van der Waals surface area contributed by atoms with Crippen molar-refractivity contribution in [3.8, 4) is 0 Å². The number of nitrogens with zero attached hydrogens (tertiary/aromatic N) is 1. The maximum absolute atomic E-state index is 12.4. The van der Waals surface area contributed by atoms with Crippen LogP contribution in [0.3, 0.4) is 0 Å². The van der Waals surface area contributed by atoms with Crippen molar-refractivity contribution >= 4 is 16.8 Å². The number of carbonyl (C=O) groups is 1. The molecule has 0 saturated heterocycles. The van der Waals surface area contributed by atoms with Gasteiger partial charge in [0.1, 0.15) is 0 Å². The van der Waals surface area contributed by atoms with Crippen LogP contribution in [0.25, 0.3) is 0 Å². The minimum absolute atomic E-state index is 0.0152. The standard InChI is InChI=1S/C19H28N2O2S/c1-21(13-14-8-10-16(11-9-14)24(2)23)19(22)20-18-12-17(18)15-6-4-3-5-7-15/h8-11,15,17-18H,3-7,12-13H2,1-2H3,(H,20,22)/t17-,18+,24-/m0/s1. The lowest BCUT2D eigenvalue weighted by Gasteiger charge is -2.22. The summed E-state index contributed by atoms with van der Waals surface area (Å²) in [6.45, 7) is 0.573. The maximum Gasteiger partial charge on any atom is 0.317 e. The van der Waals surface area contributed by atoms with Crippen LogP contribution in [0.4, 0.5) is 4.79 Å². The molecular formula is C19H28N2O2S. The summed E-state index contributed by atoms with van der Waals surface area (Å²) < 4.78 is 11.4. The average Bonchev–Trinajstić information content (AvgIpc) is 3.35. The van der Waals surface area contributed by atoms with Crippen LogP contribution in [0.1, 0.15) is 44.1 Å². The van der Waals surface area contributed by atoms with E-state index in [1.54, 1.807) is 11.2 Å². The molecule has 0 aliphatic heterocycles. The highest BCUT2D eigenvalue weighted by Crippen LogP contribution is 2.44. The maximum atomic E-state index is 12.4. The summed E-state index contributed by atoms with van der Waals surface area (Å²) in [5.41, 5.74) is 1.06. The van der Waals surface area contributed by atoms with Crippen LogP contribution in [0.2, 0.25) is 0 Å². The lowest BCUT2D eigenvalue weighted by molar-refractivity contribution is 0.204. The monoisotopic (exact) mass is 348 g/mol. The molecule has 0 aromatic heterocycles. The van der Waals surface area contributed by atoms with E-state index in [1.807, 2.05) is 31.3 Å². The molecule has 1 aromatic rings. The van der Waals surface area contributed by atoms with Gasteiger partial charge in [0, 0.05) is 41.6 Å². The van der Waals surface area contributed by atoms with Crippen molar-refractivity contribution in [3.05, 3.63) is 29.8 Å². The number of hydrogen-bond acceptors (Lipinski definition) is 2. The van der Waals surface area contributed by atoms with Crippen molar-refractivity contribution in [1.82, 2.24) is 10.2 Å². The molecule has 0 bridgehead atoms. The number of amides is 2. The third-order valence-electron chi connectivity index (χ3n) is 5.43. The fourth-order valence-electron chi connectivity index (χ4n) is 3.86. The van der Waals surface area contributed by atoms with Gasteiger partial charge in [0.05, 0.1) is 0 Å². The fraction of sp³-hybridized carbons (Fsp3) is 0.632. The molecule has 0 radical (unpaired) electrons. The lowest BCUT2D eigenvalue weighted by atomic mass is 9.85. The Morgan fingerprint density at radius 1 is 1.21 bits per heavy atom. The molecule has 4 nitrogen and oxygen atoms in total. The van der Waals surface area contributed by atoms with Gasteiger partial charge >= 0.3 is 6.03 Å². The largest absolute Gasteiger partial charge is 0.335 e. The van der Waals surface area contributed by atoms with Crippen LogP contribution in [0.5, 0.6) is 0 Å². The molecular weight excluding hydrogens is 320 g/mol. The zero-order valence-electron chi connectivity index (χ0n) is 14.7. The summed E-state index contributed by atoms with van der Waals surface area (Å²) in [6, 6.07) is 8.04. The Hall–Kier alpha value is -1.36. The predicted octanol–water partition coefficient (Wildman–Crippen LogP) is 3.53. The third-order valence-corrected chi connectivity index (χ3v) is 6.36. The normalized spacial score (nSPS) is 25.1. The van der Waals surface area contributed by atoms with E-state index >= 15 is 0 Å². The predicted molar refractivity (Wildman–Crippen MR) is 97.2 cm³/mol. The van der Waals surface area contributed by atoms with Gasteiger partial charge in [-0.1, -0.05) is 44.2 Å². The Kier molecular flexibility index (Phi) is 5.59. The molecule has 2 aliphatic carbocycles. The quantitative estimate of drug-likeness (QED) is 0.885. The van der Waals surface area contributed by atoms with Crippen LogP contribution >= 0.6 is 0 Å². The Bertz CT molecular complexity index is 596. The van der Waals surface area contributed by atoms with Gasteiger partial charge in [0.15, 0.2) is 0 Å². The van der Waals surface area contributed by atoms with Crippen molar-refractivity contribution in [2.45, 2.75) is 56.0 Å². The minimum Gasteiger partial charge on any atom is -0.335 e. The van der Waals surface area contributed by atoms with E-state index in [0.717, 1.165) is 22.8 Å². The van der Waals surface area contributed by atoms with E-state index in [1.165, 1.54) is 32.1 Å². The first-order valence-electron chi connectivity index (χ1n) is 8.98. The van der Waals surface area contributed by atoms with E-state index < -0.39 is 10.8 Å². The summed E-state index contributed by atoms with van der Waals surface area (Å²) >= 11 is 0. The van der Waals surface area contributed by atoms with Crippen LogP contribution in [-0.4, -0.2) is 34.5 Å². The van der Waals surface area contributed by atoms with E-state index in [0.29, 0.717) is 18.5 Å². The molecule has 1 N–H and O–H groups in total. The highest BCUT2D eigenvalue weighted by Gasteiger charge is 2.44. The summed E-state index contributed by atoms with van der Waals surface area (Å²) in [5.74, 6) is 1.54. The first kappa shape index (κ1) is 17.5. The smallest absolute Gasteiger partial charge is 0.317 e. The molecule has 2 fully saturated rings. The van der Waals surface area contributed by atoms with Crippen molar-refractivity contribution in [2.24, 2.45) is 11.8 Å². The molecule has 2 saturated carbocycles. The van der Waals surface area contributed by atoms with E-state index in [9.17, 15) is 9.00 Å². The van der Waals surface area contributed by atoms with Crippen LogP contribution in [-0.2, 0) is 17.3 Å². The Labute approximate surface area is 147 Å². The van der Waals surface area contributed by atoms with Crippen molar-refractivity contribution < 1.29 is 9.00 Å². The number of benzene rings is 1. The SMILES string of the molecule is CN(Cc1ccc([S@](C)=O)cc1)C(=O)N[C@@H]1C[C@H]1C1CCCCC1. The van der Waals surface area contributed by atoms with E-state index in [4.69, 9.17) is 0 Å². The first-order valence-corrected chi connectivity index (χ1v) is 10.5. The first-order chi connectivity index (χ1) is 11.5. The van der Waals surface area contributed by atoms with Crippen molar-refractivity contribution in [2.75, 3.05) is 13.3 Å². The number of nitrogens with one attached hydrogen (secondary N) is 1. The lowest BCUT2D eigenvalue weighted by Crippen LogP contribution is -2.39. The van der Waals surface area contributed by atoms with Crippen molar-refractivity contribution in [1.29, 1.82) is 0 Å². The third kappa shape index (κ3) is 4.38. The molecule has 5 heteroatoms. The van der Waals surface area contributed by atoms with E-state index in [-0.39, 0.29) is 6.03 Å². The zero-order chi connectivity index (χ0) is 17.1. The number of carbonyl (C=O) groups excluding carboxylic acids is 1. The second-order valence-corrected chi connectivity index (χ2v) is 8.69. The topological polar surface area (TPSA) is 49.4 Å². The van der Waals surface area contributed by atoms with Gasteiger partial charge in [-0.15, -0.1) is 0 Å². The molecule has 1 aromatic carbocycles. The molecule has 132 valence electrons. The van der Waals surface area contributed by atoms with Crippen LogP contribution in [0.15, 0.2) is 29.2 Å². The molecule has 3 rings (SSSR count). The summed E-state index contributed by atoms with van der Waals surface area (Å²) in [4.78, 5) is 14.9. The summed E-state index contributed by atoms with van der Waals surface area (Å²) in [5, 5.41) is 3.19. The second-order valence-electron chi connectivity index (χ2n) is 7.31. The number of urea groups is 1. The van der Waals surface area contributed by atoms with Gasteiger partial charge in [-0.2, -0.15) is 0 Å². The Morgan fingerprint density at radius 2 is 1.88 bits per heavy atom. The second kappa shape index (κ2) is 7.68. The van der Waals surface area contributed by atoms with Crippen LogP contribution < -0.4 is 5.32 Å². The number of rotatable bonds is 5. The molecule has 24 heavy (non-hydrogen) atoms. The summed E-state index contributed by atoms with van der Waals surface area (Å²) in [6.07, 6.45) is 9.62. The Balaban J connectivity index is 1.46. The molecule has 0 heterocycles.